The van der Waals surface area contributed by atoms with Crippen molar-refractivity contribution in [2.45, 2.75) is 39.9 Å². The van der Waals surface area contributed by atoms with Gasteiger partial charge in [-0.1, -0.05) is 0 Å². The van der Waals surface area contributed by atoms with Crippen molar-refractivity contribution in [3.05, 3.63) is 35.1 Å². The SMILES string of the molecule is CC(C)(F)C(C)(C)C(=O)N(O)Cc1cc(F)cc(F)c1F. The van der Waals surface area contributed by atoms with Gasteiger partial charge in [-0.25, -0.2) is 22.6 Å². The van der Waals surface area contributed by atoms with Crippen LogP contribution >= 0.6 is 0 Å². The van der Waals surface area contributed by atoms with Gasteiger partial charge in [-0.3, -0.25) is 10.0 Å². The summed E-state index contributed by atoms with van der Waals surface area (Å²) in [4.78, 5) is 12.0. The molecule has 0 radical (unpaired) electrons. The number of hydrogen-bond acceptors (Lipinski definition) is 2. The molecule has 0 bridgehead atoms. The van der Waals surface area contributed by atoms with E-state index in [4.69, 9.17) is 0 Å². The minimum absolute atomic E-state index is 0.0542. The van der Waals surface area contributed by atoms with E-state index in [-0.39, 0.29) is 5.06 Å². The van der Waals surface area contributed by atoms with Crippen molar-refractivity contribution in [2.24, 2.45) is 5.41 Å². The second kappa shape index (κ2) is 5.63. The average Bonchev–Trinajstić information content (AvgIpc) is 2.32. The molecule has 0 aliphatic heterocycles. The van der Waals surface area contributed by atoms with E-state index in [1.54, 1.807) is 0 Å². The predicted octanol–water partition coefficient (Wildman–Crippen LogP) is 3.60. The van der Waals surface area contributed by atoms with Crippen LogP contribution in [-0.2, 0) is 11.3 Å². The lowest BCUT2D eigenvalue weighted by Gasteiger charge is -2.35. The zero-order valence-corrected chi connectivity index (χ0v) is 12.2. The zero-order valence-electron chi connectivity index (χ0n) is 12.2. The normalized spacial score (nSPS) is 12.4. The van der Waals surface area contributed by atoms with Crippen molar-refractivity contribution in [3.63, 3.8) is 0 Å². The Labute approximate surface area is 120 Å². The Morgan fingerprint density at radius 2 is 1.71 bits per heavy atom. The summed E-state index contributed by atoms with van der Waals surface area (Å²) in [5.41, 5.74) is -4.11. The third-order valence-electron chi connectivity index (χ3n) is 3.64. The van der Waals surface area contributed by atoms with Crippen LogP contribution in [0, 0.1) is 22.9 Å². The minimum Gasteiger partial charge on any atom is -0.286 e. The summed E-state index contributed by atoms with van der Waals surface area (Å²) in [6, 6.07) is 0.999. The Morgan fingerprint density at radius 1 is 1.19 bits per heavy atom. The first-order valence-electron chi connectivity index (χ1n) is 6.21. The Bertz CT molecular complexity index is 553. The molecule has 1 aromatic carbocycles. The molecule has 21 heavy (non-hydrogen) atoms. The fourth-order valence-electron chi connectivity index (χ4n) is 1.53. The molecule has 0 aliphatic rings. The quantitative estimate of drug-likeness (QED) is 0.400. The summed E-state index contributed by atoms with van der Waals surface area (Å²) < 4.78 is 53.5. The lowest BCUT2D eigenvalue weighted by Crippen LogP contribution is -2.48. The number of hydrogen-bond donors (Lipinski definition) is 1. The molecule has 0 saturated carbocycles. The molecule has 1 N–H and O–H groups in total. The van der Waals surface area contributed by atoms with Crippen molar-refractivity contribution in [2.75, 3.05) is 0 Å². The molecule has 0 atom stereocenters. The molecule has 3 nitrogen and oxygen atoms in total. The Hall–Kier alpha value is -1.63. The van der Waals surface area contributed by atoms with Gasteiger partial charge in [0.2, 0.25) is 0 Å². The average molecular weight is 307 g/mol. The zero-order chi connectivity index (χ0) is 16.6. The maximum atomic E-state index is 14.0. The summed E-state index contributed by atoms with van der Waals surface area (Å²) in [6.45, 7) is 4.04. The van der Waals surface area contributed by atoms with E-state index in [0.717, 1.165) is 13.8 Å². The molecule has 1 amide bonds. The number of benzene rings is 1. The van der Waals surface area contributed by atoms with Gasteiger partial charge >= 0.3 is 0 Å². The van der Waals surface area contributed by atoms with Gasteiger partial charge in [-0.2, -0.15) is 0 Å². The molecule has 0 aromatic heterocycles. The van der Waals surface area contributed by atoms with Gasteiger partial charge in [0.25, 0.3) is 5.91 Å². The second-order valence-electron chi connectivity index (χ2n) is 5.82. The van der Waals surface area contributed by atoms with Crippen molar-refractivity contribution in [3.8, 4) is 0 Å². The molecule has 1 aromatic rings. The van der Waals surface area contributed by atoms with Gasteiger partial charge < -0.3 is 0 Å². The molecule has 0 fully saturated rings. The summed E-state index contributed by atoms with van der Waals surface area (Å²) in [7, 11) is 0. The highest BCUT2D eigenvalue weighted by atomic mass is 19.2. The van der Waals surface area contributed by atoms with Crippen LogP contribution in [0.15, 0.2) is 12.1 Å². The number of amides is 1. The standard InChI is InChI=1S/C14H17F4NO2/c1-13(2,14(3,4)18)12(20)19(21)7-8-5-9(15)6-10(16)11(8)17/h5-6,21H,7H2,1-4H3. The molecule has 0 saturated heterocycles. The van der Waals surface area contributed by atoms with Crippen LogP contribution in [0.3, 0.4) is 0 Å². The van der Waals surface area contributed by atoms with Crippen LogP contribution in [0.25, 0.3) is 0 Å². The maximum absolute atomic E-state index is 14.0. The van der Waals surface area contributed by atoms with Crippen molar-refractivity contribution >= 4 is 5.91 Å². The summed E-state index contributed by atoms with van der Waals surface area (Å²) >= 11 is 0. The van der Waals surface area contributed by atoms with Crippen LogP contribution in [-0.4, -0.2) is 21.8 Å². The Morgan fingerprint density at radius 3 is 2.19 bits per heavy atom. The largest absolute Gasteiger partial charge is 0.286 e. The minimum atomic E-state index is -1.96. The topological polar surface area (TPSA) is 40.5 Å². The Kier molecular flexibility index (Phi) is 4.67. The van der Waals surface area contributed by atoms with Crippen LogP contribution < -0.4 is 0 Å². The number of hydroxylamine groups is 2. The first-order valence-corrected chi connectivity index (χ1v) is 6.21. The van der Waals surface area contributed by atoms with E-state index in [2.05, 4.69) is 0 Å². The first kappa shape index (κ1) is 17.4. The molecule has 0 spiro atoms. The van der Waals surface area contributed by atoms with E-state index in [1.165, 1.54) is 13.8 Å². The second-order valence-corrected chi connectivity index (χ2v) is 5.82. The van der Waals surface area contributed by atoms with Crippen molar-refractivity contribution < 1.29 is 27.6 Å². The summed E-state index contributed by atoms with van der Waals surface area (Å²) in [5, 5.41) is 9.74. The molecule has 118 valence electrons. The number of carbonyl (C=O) groups is 1. The molecule has 0 heterocycles. The molecular weight excluding hydrogens is 290 g/mol. The van der Waals surface area contributed by atoms with E-state index in [0.29, 0.717) is 12.1 Å². The van der Waals surface area contributed by atoms with Crippen LogP contribution in [0.2, 0.25) is 0 Å². The number of halogens is 4. The number of rotatable bonds is 4. The van der Waals surface area contributed by atoms with Gasteiger partial charge in [0.15, 0.2) is 11.6 Å². The highest BCUT2D eigenvalue weighted by Crippen LogP contribution is 2.35. The van der Waals surface area contributed by atoms with Gasteiger partial charge in [0.1, 0.15) is 11.5 Å². The number of carbonyl (C=O) groups excluding carboxylic acids is 1. The third kappa shape index (κ3) is 3.53. The van der Waals surface area contributed by atoms with E-state index < -0.39 is 46.6 Å². The summed E-state index contributed by atoms with van der Waals surface area (Å²) in [6.07, 6.45) is 0. The molecule has 1 rings (SSSR count). The number of nitrogens with zero attached hydrogens (tertiary/aromatic N) is 1. The molecule has 0 unspecified atom stereocenters. The van der Waals surface area contributed by atoms with Crippen LogP contribution in [0.4, 0.5) is 17.6 Å². The lowest BCUT2D eigenvalue weighted by atomic mass is 9.77. The van der Waals surface area contributed by atoms with Gasteiger partial charge in [-0.15, -0.1) is 0 Å². The molecule has 0 aliphatic carbocycles. The van der Waals surface area contributed by atoms with Gasteiger partial charge in [0.05, 0.1) is 12.0 Å². The van der Waals surface area contributed by atoms with Crippen LogP contribution in [0.5, 0.6) is 0 Å². The fraction of sp³-hybridized carbons (Fsp3) is 0.500. The maximum Gasteiger partial charge on any atom is 0.255 e. The molecular formula is C14H17F4NO2. The van der Waals surface area contributed by atoms with Gasteiger partial charge in [-0.05, 0) is 33.8 Å². The highest BCUT2D eigenvalue weighted by Gasteiger charge is 2.46. The predicted molar refractivity (Wildman–Crippen MR) is 67.6 cm³/mol. The van der Waals surface area contributed by atoms with E-state index in [1.807, 2.05) is 0 Å². The smallest absolute Gasteiger partial charge is 0.255 e. The van der Waals surface area contributed by atoms with E-state index >= 15 is 0 Å². The fourth-order valence-corrected chi connectivity index (χ4v) is 1.53. The van der Waals surface area contributed by atoms with Crippen molar-refractivity contribution in [1.82, 2.24) is 5.06 Å². The summed E-state index contributed by atoms with van der Waals surface area (Å²) in [5.74, 6) is -4.88. The highest BCUT2D eigenvalue weighted by molar-refractivity contribution is 5.82. The van der Waals surface area contributed by atoms with E-state index in [9.17, 15) is 27.6 Å². The Balaban J connectivity index is 3.02. The number of alkyl halides is 1. The first-order chi connectivity index (χ1) is 9.37. The monoisotopic (exact) mass is 307 g/mol. The van der Waals surface area contributed by atoms with Crippen LogP contribution in [0.1, 0.15) is 33.3 Å². The lowest BCUT2D eigenvalue weighted by molar-refractivity contribution is -0.185. The van der Waals surface area contributed by atoms with Crippen molar-refractivity contribution in [1.29, 1.82) is 0 Å². The van der Waals surface area contributed by atoms with Gasteiger partial charge in [0, 0.05) is 11.6 Å². The molecule has 7 heteroatoms. The third-order valence-corrected chi connectivity index (χ3v) is 3.64.